The standard InChI is InChI=1S/C14H12F5NO4/c1-4-6(5(2)3)23-14(22)20-24-13(21)7-8(15)10(17)12(19)11(18)9(7)16/h6H,2,4H2,1,3H3,(H,20,22). The number of halogens is 5. The second-order valence-electron chi connectivity index (χ2n) is 4.59. The molecule has 0 heterocycles. The molecule has 1 unspecified atom stereocenters. The molecule has 1 aromatic carbocycles. The maximum atomic E-state index is 13.4. The second-order valence-corrected chi connectivity index (χ2v) is 4.59. The fourth-order valence-corrected chi connectivity index (χ4v) is 1.61. The highest BCUT2D eigenvalue weighted by atomic mass is 19.2. The topological polar surface area (TPSA) is 64.6 Å². The van der Waals surface area contributed by atoms with Crippen LogP contribution in [0.1, 0.15) is 30.6 Å². The Balaban J connectivity index is 2.87. The van der Waals surface area contributed by atoms with Gasteiger partial charge in [-0.1, -0.05) is 13.5 Å². The first kappa shape index (κ1) is 19.4. The minimum absolute atomic E-state index is 0.342. The van der Waals surface area contributed by atoms with Gasteiger partial charge in [0.2, 0.25) is 5.82 Å². The molecule has 0 aromatic heterocycles. The van der Waals surface area contributed by atoms with Gasteiger partial charge in [0.25, 0.3) is 0 Å². The Labute approximate surface area is 133 Å². The van der Waals surface area contributed by atoms with Crippen molar-refractivity contribution >= 4 is 12.1 Å². The van der Waals surface area contributed by atoms with E-state index in [1.54, 1.807) is 13.8 Å². The maximum absolute atomic E-state index is 13.4. The molecule has 0 aliphatic heterocycles. The van der Waals surface area contributed by atoms with Crippen LogP contribution in [0.2, 0.25) is 0 Å². The first-order valence-electron chi connectivity index (χ1n) is 6.46. The summed E-state index contributed by atoms with van der Waals surface area (Å²) in [7, 11) is 0. The summed E-state index contributed by atoms with van der Waals surface area (Å²) < 4.78 is 70.3. The number of ether oxygens (including phenoxy) is 1. The van der Waals surface area contributed by atoms with E-state index in [2.05, 4.69) is 11.4 Å². The molecule has 24 heavy (non-hydrogen) atoms. The highest BCUT2D eigenvalue weighted by Gasteiger charge is 2.31. The van der Waals surface area contributed by atoms with E-state index in [0.717, 1.165) is 0 Å². The van der Waals surface area contributed by atoms with Gasteiger partial charge in [-0.15, -0.1) is 5.48 Å². The summed E-state index contributed by atoms with van der Waals surface area (Å²) in [6.07, 6.45) is -1.70. The number of nitrogens with one attached hydrogen (secondary N) is 1. The zero-order valence-corrected chi connectivity index (χ0v) is 12.5. The van der Waals surface area contributed by atoms with Gasteiger partial charge in [0.05, 0.1) is 0 Å². The quantitative estimate of drug-likeness (QED) is 0.296. The summed E-state index contributed by atoms with van der Waals surface area (Å²) in [5, 5.41) is 0. The van der Waals surface area contributed by atoms with Crippen molar-refractivity contribution in [2.75, 3.05) is 0 Å². The number of benzene rings is 1. The average Bonchev–Trinajstić information content (AvgIpc) is 2.54. The lowest BCUT2D eigenvalue weighted by molar-refractivity contribution is 0.0145. The summed E-state index contributed by atoms with van der Waals surface area (Å²) in [5.41, 5.74) is 0.00735. The summed E-state index contributed by atoms with van der Waals surface area (Å²) in [4.78, 5) is 26.8. The highest BCUT2D eigenvalue weighted by molar-refractivity contribution is 5.90. The third-order valence-corrected chi connectivity index (χ3v) is 2.81. The molecule has 0 aliphatic carbocycles. The zero-order chi connectivity index (χ0) is 18.6. The second kappa shape index (κ2) is 7.75. The molecule has 0 saturated heterocycles. The molecule has 1 amide bonds. The average molecular weight is 353 g/mol. The van der Waals surface area contributed by atoms with Crippen molar-refractivity contribution < 1.29 is 41.1 Å². The van der Waals surface area contributed by atoms with E-state index in [9.17, 15) is 31.5 Å². The number of hydroxylamine groups is 1. The summed E-state index contributed by atoms with van der Waals surface area (Å²) in [6, 6.07) is 0. The van der Waals surface area contributed by atoms with Gasteiger partial charge < -0.3 is 9.57 Å². The van der Waals surface area contributed by atoms with Crippen LogP contribution < -0.4 is 5.48 Å². The van der Waals surface area contributed by atoms with Crippen LogP contribution >= 0.6 is 0 Å². The monoisotopic (exact) mass is 353 g/mol. The maximum Gasteiger partial charge on any atom is 0.441 e. The molecular formula is C14H12F5NO4. The van der Waals surface area contributed by atoms with Crippen molar-refractivity contribution in [3.8, 4) is 0 Å². The number of carbonyl (C=O) groups is 2. The van der Waals surface area contributed by atoms with Crippen molar-refractivity contribution in [1.29, 1.82) is 0 Å². The smallest absolute Gasteiger partial charge is 0.440 e. The Bertz CT molecular complexity index is 663. The van der Waals surface area contributed by atoms with Crippen molar-refractivity contribution in [3.63, 3.8) is 0 Å². The van der Waals surface area contributed by atoms with Crippen LogP contribution in [0.25, 0.3) is 0 Å². The van der Waals surface area contributed by atoms with Crippen LogP contribution in [0.4, 0.5) is 26.7 Å². The van der Waals surface area contributed by atoms with E-state index in [4.69, 9.17) is 4.74 Å². The summed E-state index contributed by atoms with van der Waals surface area (Å²) in [6.45, 7) is 6.76. The number of hydrogen-bond donors (Lipinski definition) is 1. The molecule has 10 heteroatoms. The molecule has 0 aliphatic rings. The molecule has 0 saturated carbocycles. The Hall–Kier alpha value is -2.65. The van der Waals surface area contributed by atoms with Crippen LogP contribution in [-0.2, 0) is 9.57 Å². The van der Waals surface area contributed by atoms with Gasteiger partial charge in [-0.05, 0) is 18.9 Å². The molecule has 1 N–H and O–H groups in total. The normalized spacial score (nSPS) is 11.6. The predicted molar refractivity (Wildman–Crippen MR) is 70.2 cm³/mol. The highest BCUT2D eigenvalue weighted by Crippen LogP contribution is 2.23. The molecule has 0 radical (unpaired) electrons. The summed E-state index contributed by atoms with van der Waals surface area (Å²) >= 11 is 0. The van der Waals surface area contributed by atoms with E-state index in [1.807, 2.05) is 0 Å². The van der Waals surface area contributed by atoms with Crippen molar-refractivity contribution in [1.82, 2.24) is 5.48 Å². The SMILES string of the molecule is C=C(C)C(CC)OC(=O)NOC(=O)c1c(F)c(F)c(F)c(F)c1F. The van der Waals surface area contributed by atoms with Crippen molar-refractivity contribution in [2.24, 2.45) is 0 Å². The largest absolute Gasteiger partial charge is 0.441 e. The van der Waals surface area contributed by atoms with Crippen LogP contribution in [0.3, 0.4) is 0 Å². The van der Waals surface area contributed by atoms with Gasteiger partial charge >= 0.3 is 12.1 Å². The Morgan fingerprint density at radius 2 is 1.50 bits per heavy atom. The lowest BCUT2D eigenvalue weighted by Crippen LogP contribution is -2.32. The van der Waals surface area contributed by atoms with E-state index >= 15 is 0 Å². The third-order valence-electron chi connectivity index (χ3n) is 2.81. The Kier molecular flexibility index (Phi) is 6.27. The van der Waals surface area contributed by atoms with Gasteiger partial charge in [0.1, 0.15) is 11.7 Å². The van der Waals surface area contributed by atoms with Gasteiger partial charge in [0.15, 0.2) is 23.3 Å². The lowest BCUT2D eigenvalue weighted by Gasteiger charge is -2.16. The molecule has 0 fully saturated rings. The zero-order valence-electron chi connectivity index (χ0n) is 12.5. The van der Waals surface area contributed by atoms with Crippen LogP contribution in [0, 0.1) is 29.1 Å². The molecule has 1 aromatic rings. The molecule has 0 bridgehead atoms. The lowest BCUT2D eigenvalue weighted by atomic mass is 10.1. The van der Waals surface area contributed by atoms with Crippen molar-refractivity contribution in [2.45, 2.75) is 26.4 Å². The minimum atomic E-state index is -2.43. The number of rotatable bonds is 4. The van der Waals surface area contributed by atoms with E-state index < -0.39 is 52.8 Å². The minimum Gasteiger partial charge on any atom is -0.440 e. The molecule has 0 spiro atoms. The fourth-order valence-electron chi connectivity index (χ4n) is 1.61. The van der Waals surface area contributed by atoms with Gasteiger partial charge in [-0.2, -0.15) is 0 Å². The summed E-state index contributed by atoms with van der Waals surface area (Å²) in [5.74, 6) is -13.8. The molecular weight excluding hydrogens is 341 g/mol. The van der Waals surface area contributed by atoms with E-state index in [0.29, 0.717) is 12.0 Å². The van der Waals surface area contributed by atoms with E-state index in [1.165, 1.54) is 5.48 Å². The number of carbonyl (C=O) groups excluding carboxylic acids is 2. The molecule has 1 rings (SSSR count). The van der Waals surface area contributed by atoms with Gasteiger partial charge in [-0.25, -0.2) is 31.5 Å². The molecule has 5 nitrogen and oxygen atoms in total. The van der Waals surface area contributed by atoms with Crippen LogP contribution in [-0.4, -0.2) is 18.2 Å². The van der Waals surface area contributed by atoms with Gasteiger partial charge in [-0.3, -0.25) is 0 Å². The first-order valence-corrected chi connectivity index (χ1v) is 6.46. The Morgan fingerprint density at radius 1 is 1.04 bits per heavy atom. The van der Waals surface area contributed by atoms with E-state index in [-0.39, 0.29) is 0 Å². The number of hydrogen-bond acceptors (Lipinski definition) is 4. The van der Waals surface area contributed by atoms with Crippen LogP contribution in [0.15, 0.2) is 12.2 Å². The Morgan fingerprint density at radius 3 is 1.92 bits per heavy atom. The predicted octanol–water partition coefficient (Wildman–Crippen LogP) is 3.53. The first-order chi connectivity index (χ1) is 11.1. The molecule has 132 valence electrons. The van der Waals surface area contributed by atoms with Gasteiger partial charge in [0, 0.05) is 0 Å². The third kappa shape index (κ3) is 4.00. The van der Waals surface area contributed by atoms with Crippen LogP contribution in [0.5, 0.6) is 0 Å². The fraction of sp³-hybridized carbons (Fsp3) is 0.286. The molecule has 1 atom stereocenters. The van der Waals surface area contributed by atoms with Crippen molar-refractivity contribution in [3.05, 3.63) is 46.8 Å². The number of amides is 1.